The SMILES string of the molecule is CCCn1cc(Oc2cc(N)nc(COCC)n2)cn1. The van der Waals surface area contributed by atoms with E-state index in [1.54, 1.807) is 12.3 Å². The van der Waals surface area contributed by atoms with Crippen molar-refractivity contribution < 1.29 is 9.47 Å². The van der Waals surface area contributed by atoms with Crippen LogP contribution >= 0.6 is 0 Å². The third-order valence-electron chi connectivity index (χ3n) is 2.49. The second kappa shape index (κ2) is 6.85. The molecule has 0 radical (unpaired) electrons. The Balaban J connectivity index is 2.09. The van der Waals surface area contributed by atoms with Gasteiger partial charge >= 0.3 is 0 Å². The molecule has 0 fully saturated rings. The molecular formula is C13H19N5O2. The molecule has 0 bridgehead atoms. The Morgan fingerprint density at radius 2 is 2.15 bits per heavy atom. The second-order valence-electron chi connectivity index (χ2n) is 4.23. The summed E-state index contributed by atoms with van der Waals surface area (Å²) in [6, 6.07) is 1.58. The first-order chi connectivity index (χ1) is 9.71. The number of nitrogens with zero attached hydrogens (tertiary/aromatic N) is 4. The summed E-state index contributed by atoms with van der Waals surface area (Å²) in [5.74, 6) is 1.87. The Labute approximate surface area is 117 Å². The Morgan fingerprint density at radius 1 is 1.30 bits per heavy atom. The molecule has 20 heavy (non-hydrogen) atoms. The van der Waals surface area contributed by atoms with Gasteiger partial charge in [-0.2, -0.15) is 10.1 Å². The second-order valence-corrected chi connectivity index (χ2v) is 4.23. The van der Waals surface area contributed by atoms with Crippen molar-refractivity contribution in [2.24, 2.45) is 0 Å². The molecule has 7 heteroatoms. The monoisotopic (exact) mass is 277 g/mol. The average molecular weight is 277 g/mol. The topological polar surface area (TPSA) is 88.1 Å². The van der Waals surface area contributed by atoms with Crippen molar-refractivity contribution in [2.45, 2.75) is 33.4 Å². The van der Waals surface area contributed by atoms with Crippen LogP contribution in [-0.4, -0.2) is 26.4 Å². The molecule has 2 rings (SSSR count). The highest BCUT2D eigenvalue weighted by atomic mass is 16.5. The van der Waals surface area contributed by atoms with Gasteiger partial charge in [0.1, 0.15) is 12.4 Å². The van der Waals surface area contributed by atoms with E-state index in [1.165, 1.54) is 0 Å². The number of hydrogen-bond acceptors (Lipinski definition) is 6. The van der Waals surface area contributed by atoms with Crippen LogP contribution in [0.25, 0.3) is 0 Å². The molecule has 0 saturated heterocycles. The molecule has 0 aliphatic rings. The number of hydrogen-bond donors (Lipinski definition) is 1. The van der Waals surface area contributed by atoms with E-state index < -0.39 is 0 Å². The lowest BCUT2D eigenvalue weighted by atomic mass is 10.5. The van der Waals surface area contributed by atoms with Gasteiger partial charge in [0.25, 0.3) is 0 Å². The van der Waals surface area contributed by atoms with Crippen LogP contribution in [-0.2, 0) is 17.9 Å². The van der Waals surface area contributed by atoms with Gasteiger partial charge in [-0.1, -0.05) is 6.92 Å². The summed E-state index contributed by atoms with van der Waals surface area (Å²) >= 11 is 0. The normalized spacial score (nSPS) is 10.7. The van der Waals surface area contributed by atoms with E-state index in [0.29, 0.717) is 36.5 Å². The lowest BCUT2D eigenvalue weighted by molar-refractivity contribution is 0.128. The maximum atomic E-state index is 5.73. The number of ether oxygens (including phenoxy) is 2. The minimum absolute atomic E-state index is 0.312. The highest BCUT2D eigenvalue weighted by Gasteiger charge is 2.07. The van der Waals surface area contributed by atoms with Crippen molar-refractivity contribution in [3.05, 3.63) is 24.3 Å². The van der Waals surface area contributed by atoms with E-state index in [4.69, 9.17) is 15.2 Å². The number of nitrogens with two attached hydrogens (primary N) is 1. The van der Waals surface area contributed by atoms with Crippen LogP contribution in [0.1, 0.15) is 26.1 Å². The van der Waals surface area contributed by atoms with E-state index >= 15 is 0 Å². The molecule has 0 unspecified atom stereocenters. The van der Waals surface area contributed by atoms with Crippen molar-refractivity contribution in [3.63, 3.8) is 0 Å². The van der Waals surface area contributed by atoms with Crippen molar-refractivity contribution in [2.75, 3.05) is 12.3 Å². The number of nitrogen functional groups attached to an aromatic ring is 1. The van der Waals surface area contributed by atoms with Gasteiger partial charge in [-0.05, 0) is 13.3 Å². The Hall–Kier alpha value is -2.15. The molecular weight excluding hydrogens is 258 g/mol. The van der Waals surface area contributed by atoms with Crippen molar-refractivity contribution in [1.29, 1.82) is 0 Å². The average Bonchev–Trinajstić information content (AvgIpc) is 2.83. The summed E-state index contributed by atoms with van der Waals surface area (Å²) in [7, 11) is 0. The minimum atomic E-state index is 0.312. The Morgan fingerprint density at radius 3 is 2.90 bits per heavy atom. The van der Waals surface area contributed by atoms with E-state index in [9.17, 15) is 0 Å². The van der Waals surface area contributed by atoms with Gasteiger partial charge in [0.2, 0.25) is 5.88 Å². The summed E-state index contributed by atoms with van der Waals surface area (Å²) in [6.07, 6.45) is 4.49. The zero-order chi connectivity index (χ0) is 14.4. The molecule has 0 saturated carbocycles. The molecule has 0 spiro atoms. The summed E-state index contributed by atoms with van der Waals surface area (Å²) < 4.78 is 12.7. The van der Waals surface area contributed by atoms with Gasteiger partial charge in [-0.25, -0.2) is 4.98 Å². The summed E-state index contributed by atoms with van der Waals surface area (Å²) in [4.78, 5) is 8.33. The fourth-order valence-corrected chi connectivity index (χ4v) is 1.67. The largest absolute Gasteiger partial charge is 0.436 e. The van der Waals surface area contributed by atoms with E-state index in [-0.39, 0.29) is 0 Å². The lowest BCUT2D eigenvalue weighted by Crippen LogP contribution is -2.03. The van der Waals surface area contributed by atoms with Gasteiger partial charge < -0.3 is 15.2 Å². The van der Waals surface area contributed by atoms with Crippen LogP contribution in [0.4, 0.5) is 5.82 Å². The lowest BCUT2D eigenvalue weighted by Gasteiger charge is -2.06. The molecule has 2 heterocycles. The van der Waals surface area contributed by atoms with Crippen LogP contribution < -0.4 is 10.5 Å². The minimum Gasteiger partial charge on any atom is -0.436 e. The highest BCUT2D eigenvalue weighted by Crippen LogP contribution is 2.20. The maximum Gasteiger partial charge on any atom is 0.224 e. The first-order valence-electron chi connectivity index (χ1n) is 6.62. The fourth-order valence-electron chi connectivity index (χ4n) is 1.67. The Bertz CT molecular complexity index is 555. The molecule has 0 aromatic carbocycles. The maximum absolute atomic E-state index is 5.73. The summed E-state index contributed by atoms with van der Waals surface area (Å²) in [5, 5.41) is 4.19. The highest BCUT2D eigenvalue weighted by molar-refractivity contribution is 5.34. The predicted octanol–water partition coefficient (Wildman–Crippen LogP) is 1.99. The van der Waals surface area contributed by atoms with Crippen molar-refractivity contribution >= 4 is 5.82 Å². The molecule has 0 aliphatic carbocycles. The summed E-state index contributed by atoms with van der Waals surface area (Å²) in [5.41, 5.74) is 5.73. The first kappa shape index (κ1) is 14.3. The van der Waals surface area contributed by atoms with Gasteiger partial charge in [-0.15, -0.1) is 0 Å². The van der Waals surface area contributed by atoms with Gasteiger partial charge in [0, 0.05) is 19.2 Å². The van der Waals surface area contributed by atoms with Gasteiger partial charge in [-0.3, -0.25) is 4.68 Å². The van der Waals surface area contributed by atoms with E-state index in [0.717, 1.165) is 13.0 Å². The first-order valence-corrected chi connectivity index (χ1v) is 6.62. The van der Waals surface area contributed by atoms with E-state index in [1.807, 2.05) is 17.8 Å². The molecule has 0 aliphatic heterocycles. The zero-order valence-electron chi connectivity index (χ0n) is 11.7. The van der Waals surface area contributed by atoms with Crippen LogP contribution in [0.15, 0.2) is 18.5 Å². The zero-order valence-corrected chi connectivity index (χ0v) is 11.7. The Kier molecular flexibility index (Phi) is 4.89. The van der Waals surface area contributed by atoms with Crippen LogP contribution in [0.2, 0.25) is 0 Å². The third kappa shape index (κ3) is 3.92. The number of rotatable bonds is 7. The third-order valence-corrected chi connectivity index (χ3v) is 2.49. The quantitative estimate of drug-likeness (QED) is 0.832. The molecule has 2 N–H and O–H groups in total. The fraction of sp³-hybridized carbons (Fsp3) is 0.462. The summed E-state index contributed by atoms with van der Waals surface area (Å²) in [6.45, 7) is 5.76. The van der Waals surface area contributed by atoms with Gasteiger partial charge in [0.15, 0.2) is 11.6 Å². The predicted molar refractivity (Wildman–Crippen MR) is 74.4 cm³/mol. The van der Waals surface area contributed by atoms with Crippen LogP contribution in [0.5, 0.6) is 11.6 Å². The molecule has 2 aromatic heterocycles. The number of aromatic nitrogens is 4. The number of aryl methyl sites for hydroxylation is 1. The standard InChI is InChI=1S/C13H19N5O2/c1-3-5-18-8-10(7-15-18)20-13-6-11(14)16-12(17-13)9-19-4-2/h6-8H,3-5,9H2,1-2H3,(H2,14,16,17). The molecule has 108 valence electrons. The smallest absolute Gasteiger partial charge is 0.224 e. The van der Waals surface area contributed by atoms with Crippen molar-refractivity contribution in [3.8, 4) is 11.6 Å². The van der Waals surface area contributed by atoms with Crippen LogP contribution in [0.3, 0.4) is 0 Å². The number of anilines is 1. The molecule has 7 nitrogen and oxygen atoms in total. The van der Waals surface area contributed by atoms with Crippen LogP contribution in [0, 0.1) is 0 Å². The van der Waals surface area contributed by atoms with E-state index in [2.05, 4.69) is 22.0 Å². The van der Waals surface area contributed by atoms with Gasteiger partial charge in [0.05, 0.1) is 12.4 Å². The molecule has 0 atom stereocenters. The van der Waals surface area contributed by atoms with Crippen molar-refractivity contribution in [1.82, 2.24) is 19.7 Å². The molecule has 0 amide bonds. The molecule has 2 aromatic rings.